The Morgan fingerprint density at radius 3 is 2.50 bits per heavy atom. The first kappa shape index (κ1) is 14.2. The van der Waals surface area contributed by atoms with Crippen LogP contribution >= 0.6 is 0 Å². The van der Waals surface area contributed by atoms with Gasteiger partial charge in [-0.1, -0.05) is 0 Å². The average molecular weight is 275 g/mol. The summed E-state index contributed by atoms with van der Waals surface area (Å²) in [5.74, 6) is 0. The summed E-state index contributed by atoms with van der Waals surface area (Å²) >= 11 is 0. The van der Waals surface area contributed by atoms with Crippen LogP contribution < -0.4 is 10.0 Å². The molecule has 0 radical (unpaired) electrons. The van der Waals surface area contributed by atoms with Crippen LogP contribution in [0.25, 0.3) is 0 Å². The molecule has 0 spiro atoms. The maximum absolute atomic E-state index is 12.0. The van der Waals surface area contributed by atoms with Crippen LogP contribution in [0.1, 0.15) is 32.6 Å². The molecule has 2 N–H and O–H groups in total. The maximum Gasteiger partial charge on any atom is 0.215 e. The van der Waals surface area contributed by atoms with E-state index >= 15 is 0 Å². The van der Waals surface area contributed by atoms with E-state index in [0.717, 1.165) is 6.54 Å². The van der Waals surface area contributed by atoms with Crippen molar-refractivity contribution >= 4 is 10.0 Å². The number of hydrogen-bond acceptors (Lipinski definition) is 4. The van der Waals surface area contributed by atoms with Gasteiger partial charge in [-0.25, -0.2) is 13.1 Å². The van der Waals surface area contributed by atoms with Gasteiger partial charge in [-0.15, -0.1) is 0 Å². The molecule has 0 aliphatic heterocycles. The lowest BCUT2D eigenvalue weighted by Gasteiger charge is -2.18. The lowest BCUT2D eigenvalue weighted by atomic mass is 10.4. The van der Waals surface area contributed by atoms with Gasteiger partial charge < -0.3 is 10.2 Å². The van der Waals surface area contributed by atoms with Crippen molar-refractivity contribution in [1.82, 2.24) is 14.9 Å². The molecule has 2 aliphatic rings. The Bertz CT molecular complexity index is 364. The SMILES string of the molecule is CC(CNC1CC1)S(=O)(=O)NCCN(C)C1CC1. The highest BCUT2D eigenvalue weighted by Gasteiger charge is 2.27. The van der Waals surface area contributed by atoms with E-state index in [2.05, 4.69) is 22.0 Å². The minimum atomic E-state index is -3.17. The van der Waals surface area contributed by atoms with E-state index in [1.807, 2.05) is 0 Å². The van der Waals surface area contributed by atoms with Gasteiger partial charge in [0.1, 0.15) is 0 Å². The third-order valence-electron chi connectivity index (χ3n) is 3.74. The van der Waals surface area contributed by atoms with E-state index in [1.54, 1.807) is 6.92 Å². The highest BCUT2D eigenvalue weighted by Crippen LogP contribution is 2.24. The van der Waals surface area contributed by atoms with Crippen molar-refractivity contribution in [1.29, 1.82) is 0 Å². The van der Waals surface area contributed by atoms with Gasteiger partial charge in [-0.3, -0.25) is 0 Å². The van der Waals surface area contributed by atoms with Gasteiger partial charge in [0.25, 0.3) is 0 Å². The number of sulfonamides is 1. The number of hydrogen-bond donors (Lipinski definition) is 2. The quantitative estimate of drug-likeness (QED) is 0.628. The molecular weight excluding hydrogens is 250 g/mol. The first-order valence-corrected chi connectivity index (χ1v) is 8.46. The van der Waals surface area contributed by atoms with E-state index in [-0.39, 0.29) is 5.25 Å². The molecule has 18 heavy (non-hydrogen) atoms. The predicted octanol–water partition coefficient (Wildman–Crippen LogP) is 0.141. The van der Waals surface area contributed by atoms with Crippen molar-refractivity contribution in [2.24, 2.45) is 0 Å². The second kappa shape index (κ2) is 5.86. The summed E-state index contributed by atoms with van der Waals surface area (Å²) in [7, 11) is -1.11. The van der Waals surface area contributed by atoms with Crippen LogP contribution in [0.3, 0.4) is 0 Å². The minimum Gasteiger partial charge on any atom is -0.313 e. The molecule has 0 bridgehead atoms. The fourth-order valence-corrected chi connectivity index (χ4v) is 2.91. The van der Waals surface area contributed by atoms with Crippen molar-refractivity contribution in [2.45, 2.75) is 49.9 Å². The molecule has 0 heterocycles. The monoisotopic (exact) mass is 275 g/mol. The molecular formula is C12H25N3O2S. The topological polar surface area (TPSA) is 61.4 Å². The maximum atomic E-state index is 12.0. The molecule has 1 atom stereocenters. The van der Waals surface area contributed by atoms with Crippen molar-refractivity contribution in [3.05, 3.63) is 0 Å². The molecule has 2 fully saturated rings. The van der Waals surface area contributed by atoms with Gasteiger partial charge in [0.15, 0.2) is 0 Å². The summed E-state index contributed by atoms with van der Waals surface area (Å²) in [6.07, 6.45) is 4.88. The Labute approximate surface area is 110 Å². The van der Waals surface area contributed by atoms with Crippen molar-refractivity contribution in [3.63, 3.8) is 0 Å². The molecule has 6 heteroatoms. The van der Waals surface area contributed by atoms with Gasteiger partial charge in [0.05, 0.1) is 5.25 Å². The number of nitrogens with one attached hydrogen (secondary N) is 2. The normalized spacial score (nSPS) is 22.4. The van der Waals surface area contributed by atoms with Crippen molar-refractivity contribution in [3.8, 4) is 0 Å². The van der Waals surface area contributed by atoms with Gasteiger partial charge in [-0.2, -0.15) is 0 Å². The summed E-state index contributed by atoms with van der Waals surface area (Å²) in [6, 6.07) is 1.24. The summed E-state index contributed by atoms with van der Waals surface area (Å²) in [6.45, 7) is 3.64. The largest absolute Gasteiger partial charge is 0.313 e. The average Bonchev–Trinajstić information content (AvgIpc) is 3.17. The first-order valence-electron chi connectivity index (χ1n) is 6.91. The molecule has 0 aromatic rings. The lowest BCUT2D eigenvalue weighted by molar-refractivity contribution is 0.329. The molecule has 106 valence electrons. The molecule has 2 rings (SSSR count). The fourth-order valence-electron chi connectivity index (χ4n) is 1.93. The Morgan fingerprint density at radius 2 is 1.94 bits per heavy atom. The van der Waals surface area contributed by atoms with Gasteiger partial charge in [-0.05, 0) is 39.7 Å². The Kier molecular flexibility index (Phi) is 4.64. The van der Waals surface area contributed by atoms with E-state index in [1.165, 1.54) is 25.7 Å². The van der Waals surface area contributed by atoms with Crippen molar-refractivity contribution < 1.29 is 8.42 Å². The second-order valence-corrected chi connectivity index (χ2v) is 7.83. The number of likely N-dealkylation sites (N-methyl/N-ethyl adjacent to an activating group) is 1. The van der Waals surface area contributed by atoms with Crippen LogP contribution in [0.2, 0.25) is 0 Å². The first-order chi connectivity index (χ1) is 8.49. The van der Waals surface area contributed by atoms with Crippen LogP contribution in [0.5, 0.6) is 0 Å². The molecule has 5 nitrogen and oxygen atoms in total. The lowest BCUT2D eigenvalue weighted by Crippen LogP contribution is -2.42. The Morgan fingerprint density at radius 1 is 1.28 bits per heavy atom. The number of nitrogens with zero attached hydrogens (tertiary/aromatic N) is 1. The van der Waals surface area contributed by atoms with Crippen LogP contribution in [0, 0.1) is 0 Å². The Hall–Kier alpha value is -0.170. The molecule has 2 saturated carbocycles. The molecule has 0 amide bonds. The molecule has 2 aliphatic carbocycles. The van der Waals surface area contributed by atoms with E-state index in [4.69, 9.17) is 0 Å². The standard InChI is InChI=1S/C12H25N3O2S/c1-10(9-13-11-3-4-11)18(16,17)14-7-8-15(2)12-5-6-12/h10-14H,3-9H2,1-2H3. The fraction of sp³-hybridized carbons (Fsp3) is 1.00. The molecule has 0 aromatic heterocycles. The zero-order chi connectivity index (χ0) is 13.2. The summed E-state index contributed by atoms with van der Waals surface area (Å²) in [5, 5.41) is 2.90. The van der Waals surface area contributed by atoms with Gasteiger partial charge in [0.2, 0.25) is 10.0 Å². The smallest absolute Gasteiger partial charge is 0.215 e. The highest BCUT2D eigenvalue weighted by atomic mass is 32.2. The predicted molar refractivity (Wildman–Crippen MR) is 73.1 cm³/mol. The zero-order valence-electron chi connectivity index (χ0n) is 11.4. The zero-order valence-corrected chi connectivity index (χ0v) is 12.2. The molecule has 0 saturated heterocycles. The summed E-state index contributed by atoms with van der Waals surface area (Å²) in [5.41, 5.74) is 0. The van der Waals surface area contributed by atoms with Gasteiger partial charge >= 0.3 is 0 Å². The van der Waals surface area contributed by atoms with Crippen LogP contribution in [0.4, 0.5) is 0 Å². The summed E-state index contributed by atoms with van der Waals surface area (Å²) in [4.78, 5) is 2.23. The highest BCUT2D eigenvalue weighted by molar-refractivity contribution is 7.90. The Balaban J connectivity index is 1.64. The van der Waals surface area contributed by atoms with E-state index in [9.17, 15) is 8.42 Å². The molecule has 0 aromatic carbocycles. The van der Waals surface area contributed by atoms with Gasteiger partial charge in [0, 0.05) is 31.7 Å². The third kappa shape index (κ3) is 4.50. The molecule has 1 unspecified atom stereocenters. The van der Waals surface area contributed by atoms with Crippen LogP contribution in [0.15, 0.2) is 0 Å². The second-order valence-electron chi connectivity index (χ2n) is 5.64. The summed E-state index contributed by atoms with van der Waals surface area (Å²) < 4.78 is 26.6. The van der Waals surface area contributed by atoms with E-state index in [0.29, 0.717) is 25.2 Å². The van der Waals surface area contributed by atoms with Crippen LogP contribution in [-0.2, 0) is 10.0 Å². The number of rotatable bonds is 9. The van der Waals surface area contributed by atoms with Crippen LogP contribution in [-0.4, -0.2) is 57.3 Å². The minimum absolute atomic E-state index is 0.357. The third-order valence-corrected chi connectivity index (χ3v) is 5.57. The van der Waals surface area contributed by atoms with E-state index < -0.39 is 10.0 Å². The van der Waals surface area contributed by atoms with Crippen molar-refractivity contribution in [2.75, 3.05) is 26.7 Å².